The van der Waals surface area contributed by atoms with Crippen molar-refractivity contribution >= 4 is 34.7 Å². The number of hydrogen-bond acceptors (Lipinski definition) is 3. The van der Waals surface area contributed by atoms with Crippen molar-refractivity contribution < 1.29 is 19.1 Å². The highest BCUT2D eigenvalue weighted by Gasteiger charge is 2.40. The first-order chi connectivity index (χ1) is 15.5. The van der Waals surface area contributed by atoms with Crippen LogP contribution in [0.3, 0.4) is 0 Å². The predicted octanol–water partition coefficient (Wildman–Crippen LogP) is 4.52. The number of carboxylic acid groups (broad SMARTS) is 1. The van der Waals surface area contributed by atoms with Gasteiger partial charge in [-0.3, -0.25) is 15.0 Å². The van der Waals surface area contributed by atoms with Crippen LogP contribution in [0.4, 0.5) is 20.8 Å². The number of fused-ring (bicyclic) bond motifs is 2. The number of carbonyl (C=O) groups is 2. The van der Waals surface area contributed by atoms with Gasteiger partial charge in [0.2, 0.25) is 5.95 Å². The van der Waals surface area contributed by atoms with Crippen LogP contribution >= 0.6 is 0 Å². The molecule has 0 saturated carbocycles. The molecule has 0 bridgehead atoms. The van der Waals surface area contributed by atoms with Crippen molar-refractivity contribution in [1.82, 2.24) is 9.97 Å². The van der Waals surface area contributed by atoms with E-state index in [-0.39, 0.29) is 23.1 Å². The monoisotopic (exact) mass is 426 g/mol. The third kappa shape index (κ3) is 2.96. The number of imidazole rings is 1. The number of halogens is 1. The van der Waals surface area contributed by atoms with Crippen molar-refractivity contribution in [3.63, 3.8) is 0 Å². The Morgan fingerprint density at radius 3 is 2.78 bits per heavy atom. The number of aromatic amines is 1. The summed E-state index contributed by atoms with van der Waals surface area (Å²) in [5.41, 5.74) is 3.17. The maximum absolute atomic E-state index is 15.2. The van der Waals surface area contributed by atoms with E-state index >= 15 is 4.39 Å². The maximum atomic E-state index is 15.2. The first kappa shape index (κ1) is 19.3. The molecule has 32 heavy (non-hydrogen) atoms. The number of benzene rings is 3. The highest BCUT2D eigenvalue weighted by Crippen LogP contribution is 2.43. The van der Waals surface area contributed by atoms with Gasteiger partial charge in [0.1, 0.15) is 0 Å². The van der Waals surface area contributed by atoms with E-state index in [1.807, 2.05) is 12.1 Å². The van der Waals surface area contributed by atoms with Crippen LogP contribution in [0.25, 0.3) is 11.0 Å². The largest absolute Gasteiger partial charge is 0.465 e. The summed E-state index contributed by atoms with van der Waals surface area (Å²) >= 11 is 0. The number of H-pyrrole nitrogens is 1. The van der Waals surface area contributed by atoms with Gasteiger partial charge in [-0.15, -0.1) is 6.42 Å². The molecule has 156 valence electrons. The zero-order chi connectivity index (χ0) is 22.4. The molecule has 1 aliphatic heterocycles. The van der Waals surface area contributed by atoms with Gasteiger partial charge >= 0.3 is 6.09 Å². The van der Waals surface area contributed by atoms with Gasteiger partial charge in [-0.1, -0.05) is 36.3 Å². The smallest absolute Gasteiger partial charge is 0.411 e. The lowest BCUT2D eigenvalue weighted by Crippen LogP contribution is -2.29. The van der Waals surface area contributed by atoms with Crippen molar-refractivity contribution in [3.05, 3.63) is 88.7 Å². The van der Waals surface area contributed by atoms with Crippen LogP contribution in [0.2, 0.25) is 0 Å². The number of nitrogens with zero attached hydrogens (tertiary/aromatic N) is 2. The Bertz CT molecular complexity index is 1450. The molecule has 0 saturated heterocycles. The third-order valence-corrected chi connectivity index (χ3v) is 5.40. The number of aromatic nitrogens is 2. The van der Waals surface area contributed by atoms with Crippen molar-refractivity contribution in [3.8, 4) is 12.3 Å². The minimum absolute atomic E-state index is 0.0680. The molecule has 5 rings (SSSR count). The van der Waals surface area contributed by atoms with Crippen LogP contribution in [-0.4, -0.2) is 27.1 Å². The van der Waals surface area contributed by atoms with E-state index in [1.165, 1.54) is 17.0 Å². The number of terminal acetylenes is 1. The first-order valence-corrected chi connectivity index (χ1v) is 9.65. The van der Waals surface area contributed by atoms with E-state index < -0.39 is 18.0 Å². The molecule has 1 aliphatic rings. The van der Waals surface area contributed by atoms with Crippen LogP contribution in [0, 0.1) is 18.2 Å². The fourth-order valence-corrected chi connectivity index (χ4v) is 4.07. The Morgan fingerprint density at radius 2 is 2.00 bits per heavy atom. The minimum atomic E-state index is -1.24. The Balaban J connectivity index is 1.68. The fourth-order valence-electron chi connectivity index (χ4n) is 4.07. The summed E-state index contributed by atoms with van der Waals surface area (Å²) in [6, 6.07) is 16.4. The topological polar surface area (TPSA) is 98.3 Å². The normalized spacial score (nSPS) is 14.9. The van der Waals surface area contributed by atoms with Crippen molar-refractivity contribution in [2.45, 2.75) is 6.04 Å². The minimum Gasteiger partial charge on any atom is -0.465 e. The van der Waals surface area contributed by atoms with Gasteiger partial charge < -0.3 is 10.1 Å². The molecule has 8 heteroatoms. The molecule has 0 fully saturated rings. The van der Waals surface area contributed by atoms with Gasteiger partial charge in [0.15, 0.2) is 5.82 Å². The van der Waals surface area contributed by atoms with Crippen LogP contribution in [0.5, 0.6) is 0 Å². The zero-order valence-electron chi connectivity index (χ0n) is 16.5. The van der Waals surface area contributed by atoms with Crippen LogP contribution in [-0.2, 0) is 0 Å². The van der Waals surface area contributed by atoms with E-state index in [0.29, 0.717) is 22.2 Å². The van der Waals surface area contributed by atoms with Crippen molar-refractivity contribution in [1.29, 1.82) is 0 Å². The number of anilines is 2. The standard InChI is InChI=1S/C24H15FN4O3/c1-2-13-6-5-9-19(20(13)25)29-21(15-7-3-4-8-16(15)22(29)30)14-10-11-17-18(12-14)27-23(26-17)28-24(31)32/h1,3-12,21H,(H,31,32)(H2,26,27,28). The van der Waals surface area contributed by atoms with Crippen molar-refractivity contribution in [2.75, 3.05) is 10.2 Å². The molecule has 0 aliphatic carbocycles. The SMILES string of the molecule is C#Cc1cccc(N2C(=O)c3ccccc3C2c2ccc3nc(NC(=O)O)[nH]c3c2)c1F. The molecule has 1 unspecified atom stereocenters. The second-order valence-electron chi connectivity index (χ2n) is 7.24. The van der Waals surface area contributed by atoms with E-state index in [0.717, 1.165) is 5.56 Å². The first-order valence-electron chi connectivity index (χ1n) is 9.65. The average Bonchev–Trinajstić information content (AvgIpc) is 3.31. The summed E-state index contributed by atoms with van der Waals surface area (Å²) < 4.78 is 15.2. The fraction of sp³-hybridized carbons (Fsp3) is 0.0417. The number of hydrogen-bond donors (Lipinski definition) is 3. The van der Waals surface area contributed by atoms with E-state index in [1.54, 1.807) is 36.4 Å². The maximum Gasteiger partial charge on any atom is 0.411 e. The summed E-state index contributed by atoms with van der Waals surface area (Å²) in [5.74, 6) is 1.41. The lowest BCUT2D eigenvalue weighted by atomic mass is 9.97. The van der Waals surface area contributed by atoms with E-state index in [9.17, 15) is 9.59 Å². The van der Waals surface area contributed by atoms with E-state index in [2.05, 4.69) is 21.2 Å². The van der Waals surface area contributed by atoms with Gasteiger partial charge in [0.05, 0.1) is 28.3 Å². The summed E-state index contributed by atoms with van der Waals surface area (Å²) in [4.78, 5) is 32.7. The molecule has 3 aromatic carbocycles. The quantitative estimate of drug-likeness (QED) is 0.420. The van der Waals surface area contributed by atoms with Gasteiger partial charge in [-0.2, -0.15) is 0 Å². The molecule has 0 radical (unpaired) electrons. The Hall–Kier alpha value is -4.64. The lowest BCUT2D eigenvalue weighted by molar-refractivity contribution is 0.0992. The highest BCUT2D eigenvalue weighted by molar-refractivity contribution is 6.12. The highest BCUT2D eigenvalue weighted by atomic mass is 19.1. The number of rotatable bonds is 3. The Kier molecular flexibility index (Phi) is 4.38. The number of nitrogens with one attached hydrogen (secondary N) is 2. The molecule has 7 nitrogen and oxygen atoms in total. The van der Waals surface area contributed by atoms with E-state index in [4.69, 9.17) is 11.5 Å². The van der Waals surface area contributed by atoms with Gasteiger partial charge in [-0.25, -0.2) is 14.2 Å². The molecule has 4 aromatic rings. The van der Waals surface area contributed by atoms with Crippen LogP contribution in [0.1, 0.15) is 33.1 Å². The zero-order valence-corrected chi connectivity index (χ0v) is 16.5. The Morgan fingerprint density at radius 1 is 1.19 bits per heavy atom. The summed E-state index contributed by atoms with van der Waals surface area (Å²) in [7, 11) is 0. The molecular formula is C24H15FN4O3. The lowest BCUT2D eigenvalue weighted by Gasteiger charge is -2.26. The average molecular weight is 426 g/mol. The molecular weight excluding hydrogens is 411 g/mol. The number of carbonyl (C=O) groups excluding carboxylic acids is 1. The predicted molar refractivity (Wildman–Crippen MR) is 117 cm³/mol. The Labute approximate surface area is 181 Å². The molecule has 1 aromatic heterocycles. The second kappa shape index (κ2) is 7.25. The molecule has 2 heterocycles. The molecule has 3 N–H and O–H groups in total. The van der Waals surface area contributed by atoms with Crippen LogP contribution < -0.4 is 10.2 Å². The second-order valence-corrected chi connectivity index (χ2v) is 7.24. The van der Waals surface area contributed by atoms with Crippen molar-refractivity contribution in [2.24, 2.45) is 0 Å². The van der Waals surface area contributed by atoms with Gasteiger partial charge in [0, 0.05) is 5.56 Å². The molecule has 2 amide bonds. The molecule has 0 spiro atoms. The number of amides is 2. The summed E-state index contributed by atoms with van der Waals surface area (Å²) in [6.45, 7) is 0. The summed E-state index contributed by atoms with van der Waals surface area (Å²) in [6.07, 6.45) is 4.19. The van der Waals surface area contributed by atoms with Crippen LogP contribution in [0.15, 0.2) is 60.7 Å². The third-order valence-electron chi connectivity index (χ3n) is 5.40. The summed E-state index contributed by atoms with van der Waals surface area (Å²) in [5, 5.41) is 11.1. The molecule has 1 atom stereocenters. The van der Waals surface area contributed by atoms with Gasteiger partial charge in [-0.05, 0) is 41.5 Å². The van der Waals surface area contributed by atoms with Gasteiger partial charge in [0.25, 0.3) is 5.91 Å².